The predicted octanol–water partition coefficient (Wildman–Crippen LogP) is 4.50. The maximum Gasteiger partial charge on any atom is 0.274 e. The molecule has 2 aromatic rings. The molecule has 0 bridgehead atoms. The van der Waals surface area contributed by atoms with Gasteiger partial charge in [0.25, 0.3) is 5.91 Å². The van der Waals surface area contributed by atoms with Crippen LogP contribution in [0, 0.1) is 0 Å². The Morgan fingerprint density at radius 3 is 2.52 bits per heavy atom. The van der Waals surface area contributed by atoms with Gasteiger partial charge in [0, 0.05) is 19.3 Å². The van der Waals surface area contributed by atoms with Crippen LogP contribution in [0.3, 0.4) is 0 Å². The second-order valence-electron chi connectivity index (χ2n) is 9.21. The zero-order valence-electron chi connectivity index (χ0n) is 17.7. The second kappa shape index (κ2) is 8.88. The third kappa shape index (κ3) is 4.67. The largest absolute Gasteiger partial charge is 0.330 e. The van der Waals surface area contributed by atoms with Gasteiger partial charge in [-0.15, -0.1) is 12.4 Å². The molecule has 2 saturated heterocycles. The smallest absolute Gasteiger partial charge is 0.274 e. The Morgan fingerprint density at radius 1 is 1.10 bits per heavy atom. The molecule has 0 spiro atoms. The molecular formula is C23H33ClN4O. The van der Waals surface area contributed by atoms with Crippen molar-refractivity contribution in [2.75, 3.05) is 19.6 Å². The molecule has 2 unspecified atom stereocenters. The highest BCUT2D eigenvalue weighted by Crippen LogP contribution is 2.34. The third-order valence-corrected chi connectivity index (χ3v) is 6.15. The summed E-state index contributed by atoms with van der Waals surface area (Å²) < 4.78 is 1.97. The van der Waals surface area contributed by atoms with Gasteiger partial charge in [0.15, 0.2) is 0 Å². The predicted molar refractivity (Wildman–Crippen MR) is 119 cm³/mol. The van der Waals surface area contributed by atoms with Gasteiger partial charge in [0.05, 0.1) is 12.1 Å². The summed E-state index contributed by atoms with van der Waals surface area (Å²) in [7, 11) is 0. The van der Waals surface area contributed by atoms with Crippen LogP contribution in [0.4, 0.5) is 0 Å². The number of carbonyl (C=O) groups excluding carboxylic acids is 1. The molecule has 158 valence electrons. The fourth-order valence-electron chi connectivity index (χ4n) is 4.42. The van der Waals surface area contributed by atoms with Crippen molar-refractivity contribution in [2.24, 2.45) is 0 Å². The number of rotatable bonds is 3. The summed E-state index contributed by atoms with van der Waals surface area (Å²) in [4.78, 5) is 15.2. The van der Waals surface area contributed by atoms with E-state index in [-0.39, 0.29) is 29.8 Å². The van der Waals surface area contributed by atoms with Crippen LogP contribution in [0.1, 0.15) is 80.2 Å². The number of piperidine rings is 1. The minimum atomic E-state index is 0. The van der Waals surface area contributed by atoms with E-state index >= 15 is 0 Å². The number of nitrogens with zero attached hydrogens (tertiary/aromatic N) is 3. The van der Waals surface area contributed by atoms with Crippen molar-refractivity contribution in [2.45, 2.75) is 64.0 Å². The Kier molecular flexibility index (Phi) is 6.69. The zero-order valence-corrected chi connectivity index (χ0v) is 18.5. The number of carbonyl (C=O) groups is 1. The number of halogens is 1. The molecule has 1 aromatic heterocycles. The van der Waals surface area contributed by atoms with E-state index in [0.717, 1.165) is 45.3 Å². The number of benzene rings is 1. The molecule has 5 nitrogen and oxygen atoms in total. The first-order valence-corrected chi connectivity index (χ1v) is 10.6. The molecule has 2 aliphatic rings. The van der Waals surface area contributed by atoms with Crippen LogP contribution in [0.15, 0.2) is 36.5 Å². The standard InChI is InChI=1S/C23H32N4O.ClH/c1-23(2,3)18-10-8-17(9-11-18)21-7-5-14-26(21)22(28)20-12-15-27(25-20)19-6-4-13-24-16-19;/h8-12,15,19,21,24H,4-7,13-14,16H2,1-3H3;1H. The normalized spacial score (nSPS) is 22.4. The molecule has 0 radical (unpaired) electrons. The summed E-state index contributed by atoms with van der Waals surface area (Å²) >= 11 is 0. The molecule has 29 heavy (non-hydrogen) atoms. The van der Waals surface area contributed by atoms with Gasteiger partial charge in [-0.3, -0.25) is 9.48 Å². The third-order valence-electron chi connectivity index (χ3n) is 6.15. The minimum absolute atomic E-state index is 0. The summed E-state index contributed by atoms with van der Waals surface area (Å²) in [6, 6.07) is 11.2. The van der Waals surface area contributed by atoms with Crippen molar-refractivity contribution >= 4 is 18.3 Å². The van der Waals surface area contributed by atoms with Crippen LogP contribution in [-0.4, -0.2) is 40.2 Å². The summed E-state index contributed by atoms with van der Waals surface area (Å²) in [5.41, 5.74) is 3.27. The maximum absolute atomic E-state index is 13.2. The zero-order chi connectivity index (χ0) is 19.7. The lowest BCUT2D eigenvalue weighted by Crippen LogP contribution is -2.33. The van der Waals surface area contributed by atoms with Crippen molar-refractivity contribution in [3.63, 3.8) is 0 Å². The van der Waals surface area contributed by atoms with Crippen molar-refractivity contribution in [3.8, 4) is 0 Å². The van der Waals surface area contributed by atoms with E-state index < -0.39 is 0 Å². The second-order valence-corrected chi connectivity index (χ2v) is 9.21. The van der Waals surface area contributed by atoms with Crippen LogP contribution in [-0.2, 0) is 5.41 Å². The maximum atomic E-state index is 13.2. The van der Waals surface area contributed by atoms with Crippen molar-refractivity contribution in [1.82, 2.24) is 20.0 Å². The fraction of sp³-hybridized carbons (Fsp3) is 0.565. The number of likely N-dealkylation sites (tertiary alicyclic amines) is 1. The van der Waals surface area contributed by atoms with Gasteiger partial charge in [-0.1, -0.05) is 45.0 Å². The van der Waals surface area contributed by atoms with Gasteiger partial charge in [-0.25, -0.2) is 0 Å². The van der Waals surface area contributed by atoms with Crippen LogP contribution < -0.4 is 5.32 Å². The van der Waals surface area contributed by atoms with Crippen LogP contribution in [0.2, 0.25) is 0 Å². The molecule has 2 atom stereocenters. The summed E-state index contributed by atoms with van der Waals surface area (Å²) in [5, 5.41) is 8.05. The SMILES string of the molecule is CC(C)(C)c1ccc(C2CCCN2C(=O)c2ccn(C3CCCNC3)n2)cc1.Cl. The first kappa shape index (κ1) is 21.8. The van der Waals surface area contributed by atoms with E-state index in [1.807, 2.05) is 21.8 Å². The molecule has 1 amide bonds. The Bertz CT molecular complexity index is 818. The topological polar surface area (TPSA) is 50.2 Å². The van der Waals surface area contributed by atoms with Gasteiger partial charge in [-0.2, -0.15) is 5.10 Å². The lowest BCUT2D eigenvalue weighted by Gasteiger charge is -2.26. The number of hydrogen-bond donors (Lipinski definition) is 1. The molecule has 1 aromatic carbocycles. The Balaban J connectivity index is 0.00000240. The molecular weight excluding hydrogens is 384 g/mol. The highest BCUT2D eigenvalue weighted by Gasteiger charge is 2.32. The monoisotopic (exact) mass is 416 g/mol. The Hall–Kier alpha value is -1.85. The molecule has 2 fully saturated rings. The summed E-state index contributed by atoms with van der Waals surface area (Å²) in [6.07, 6.45) is 6.31. The number of amides is 1. The van der Waals surface area contributed by atoms with Crippen molar-refractivity contribution in [3.05, 3.63) is 53.3 Å². The van der Waals surface area contributed by atoms with Crippen molar-refractivity contribution < 1.29 is 4.79 Å². The van der Waals surface area contributed by atoms with Gasteiger partial charge in [-0.05, 0) is 54.8 Å². The molecule has 0 aliphatic carbocycles. The number of hydrogen-bond acceptors (Lipinski definition) is 3. The highest BCUT2D eigenvalue weighted by atomic mass is 35.5. The van der Waals surface area contributed by atoms with E-state index in [1.54, 1.807) is 0 Å². The fourth-order valence-corrected chi connectivity index (χ4v) is 4.42. The van der Waals surface area contributed by atoms with Crippen LogP contribution >= 0.6 is 12.4 Å². The molecule has 2 aliphatic heterocycles. The lowest BCUT2D eigenvalue weighted by molar-refractivity contribution is 0.0728. The van der Waals surface area contributed by atoms with Crippen molar-refractivity contribution in [1.29, 1.82) is 0 Å². The first-order valence-electron chi connectivity index (χ1n) is 10.6. The number of nitrogens with one attached hydrogen (secondary N) is 1. The molecule has 6 heteroatoms. The lowest BCUT2D eigenvalue weighted by atomic mass is 9.86. The number of aromatic nitrogens is 2. The molecule has 1 N–H and O–H groups in total. The summed E-state index contributed by atoms with van der Waals surface area (Å²) in [6.45, 7) is 9.50. The van der Waals surface area contributed by atoms with E-state index in [0.29, 0.717) is 11.7 Å². The van der Waals surface area contributed by atoms with E-state index in [9.17, 15) is 4.79 Å². The summed E-state index contributed by atoms with van der Waals surface area (Å²) in [5.74, 6) is 0.0601. The Morgan fingerprint density at radius 2 is 1.86 bits per heavy atom. The molecule has 4 rings (SSSR count). The quantitative estimate of drug-likeness (QED) is 0.801. The molecule has 3 heterocycles. The van der Waals surface area contributed by atoms with Crippen LogP contribution in [0.25, 0.3) is 0 Å². The van der Waals surface area contributed by atoms with Gasteiger partial charge in [0.2, 0.25) is 0 Å². The average molecular weight is 417 g/mol. The minimum Gasteiger partial charge on any atom is -0.330 e. The van der Waals surface area contributed by atoms with Gasteiger partial charge < -0.3 is 10.2 Å². The van der Waals surface area contributed by atoms with Crippen LogP contribution in [0.5, 0.6) is 0 Å². The molecule has 0 saturated carbocycles. The Labute approximate surface area is 180 Å². The first-order chi connectivity index (χ1) is 13.4. The van der Waals surface area contributed by atoms with Gasteiger partial charge >= 0.3 is 0 Å². The van der Waals surface area contributed by atoms with E-state index in [4.69, 9.17) is 0 Å². The van der Waals surface area contributed by atoms with E-state index in [2.05, 4.69) is 55.5 Å². The average Bonchev–Trinajstić information content (AvgIpc) is 3.37. The van der Waals surface area contributed by atoms with E-state index in [1.165, 1.54) is 11.1 Å². The van der Waals surface area contributed by atoms with Gasteiger partial charge in [0.1, 0.15) is 5.69 Å². The highest BCUT2D eigenvalue weighted by molar-refractivity contribution is 5.92.